The molecule has 116 valence electrons. The summed E-state index contributed by atoms with van der Waals surface area (Å²) < 4.78 is 39.5. The van der Waals surface area contributed by atoms with Crippen molar-refractivity contribution >= 4 is 16.7 Å². The molecule has 2 aromatic carbocycles. The molecule has 0 bridgehead atoms. The van der Waals surface area contributed by atoms with E-state index in [4.69, 9.17) is 0 Å². The second-order valence-electron chi connectivity index (χ2n) is 5.48. The molecule has 1 amide bonds. The fourth-order valence-corrected chi connectivity index (χ4v) is 2.64. The van der Waals surface area contributed by atoms with E-state index in [0.717, 1.165) is 6.07 Å². The Morgan fingerprint density at radius 3 is 2.50 bits per heavy atom. The number of phenols is 1. The van der Waals surface area contributed by atoms with E-state index in [-0.39, 0.29) is 31.8 Å². The summed E-state index contributed by atoms with van der Waals surface area (Å²) in [6.45, 7) is 0.0249. The molecule has 0 aromatic heterocycles. The van der Waals surface area contributed by atoms with Crippen molar-refractivity contribution in [2.75, 3.05) is 13.1 Å². The van der Waals surface area contributed by atoms with Gasteiger partial charge in [-0.05, 0) is 29.7 Å². The average Bonchev–Trinajstić information content (AvgIpc) is 2.50. The fraction of sp³-hybridized carbons (Fsp3) is 0.312. The van der Waals surface area contributed by atoms with Gasteiger partial charge in [0.2, 0.25) is 0 Å². The minimum absolute atomic E-state index is 0.0124. The number of nitrogens with zero attached hydrogens (tertiary/aromatic N) is 1. The average molecular weight is 309 g/mol. The predicted octanol–water partition coefficient (Wildman–Crippen LogP) is 3.56. The van der Waals surface area contributed by atoms with Crippen molar-refractivity contribution in [3.8, 4) is 5.75 Å². The minimum atomic E-state index is -2.70. The van der Waals surface area contributed by atoms with Gasteiger partial charge in [0.15, 0.2) is 11.6 Å². The van der Waals surface area contributed by atoms with Crippen molar-refractivity contribution in [3.05, 3.63) is 41.7 Å². The maximum atomic E-state index is 13.3. The number of carbonyl (C=O) groups is 1. The van der Waals surface area contributed by atoms with Crippen LogP contribution in [0.15, 0.2) is 30.3 Å². The Morgan fingerprint density at radius 1 is 1.14 bits per heavy atom. The minimum Gasteiger partial charge on any atom is -0.504 e. The van der Waals surface area contributed by atoms with Crippen LogP contribution >= 0.6 is 0 Å². The van der Waals surface area contributed by atoms with Crippen molar-refractivity contribution < 1.29 is 23.1 Å². The van der Waals surface area contributed by atoms with Crippen LogP contribution in [-0.2, 0) is 0 Å². The summed E-state index contributed by atoms with van der Waals surface area (Å²) in [5.74, 6) is -4.23. The SMILES string of the molecule is O=C(c1ccc2c(O)c(F)ccc2c1)N1CCC(F)(F)CC1. The van der Waals surface area contributed by atoms with Crippen molar-refractivity contribution in [1.82, 2.24) is 4.90 Å². The van der Waals surface area contributed by atoms with Gasteiger partial charge in [0, 0.05) is 36.9 Å². The summed E-state index contributed by atoms with van der Waals surface area (Å²) in [7, 11) is 0. The van der Waals surface area contributed by atoms with Gasteiger partial charge in [-0.25, -0.2) is 13.2 Å². The number of alkyl halides is 2. The van der Waals surface area contributed by atoms with Gasteiger partial charge in [-0.15, -0.1) is 0 Å². The highest BCUT2D eigenvalue weighted by atomic mass is 19.3. The molecule has 3 nitrogen and oxygen atoms in total. The van der Waals surface area contributed by atoms with E-state index in [9.17, 15) is 23.1 Å². The van der Waals surface area contributed by atoms with Gasteiger partial charge in [-0.2, -0.15) is 0 Å². The van der Waals surface area contributed by atoms with Crippen LogP contribution in [0.5, 0.6) is 5.75 Å². The van der Waals surface area contributed by atoms with Gasteiger partial charge in [0.25, 0.3) is 11.8 Å². The number of rotatable bonds is 1. The third-order valence-corrected chi connectivity index (χ3v) is 3.97. The molecule has 22 heavy (non-hydrogen) atoms. The van der Waals surface area contributed by atoms with Crippen LogP contribution in [0, 0.1) is 5.82 Å². The fourth-order valence-electron chi connectivity index (χ4n) is 2.64. The Kier molecular flexibility index (Phi) is 3.47. The number of halogens is 3. The largest absolute Gasteiger partial charge is 0.504 e. The Morgan fingerprint density at radius 2 is 1.82 bits per heavy atom. The number of phenolic OH excluding ortho intramolecular Hbond substituents is 1. The van der Waals surface area contributed by atoms with E-state index in [1.807, 2.05) is 0 Å². The van der Waals surface area contributed by atoms with E-state index in [1.165, 1.54) is 29.2 Å². The number of piperidine rings is 1. The Hall–Kier alpha value is -2.24. The summed E-state index contributed by atoms with van der Waals surface area (Å²) in [6, 6.07) is 7.04. The summed E-state index contributed by atoms with van der Waals surface area (Å²) in [6.07, 6.45) is -0.670. The van der Waals surface area contributed by atoms with Crippen molar-refractivity contribution in [3.63, 3.8) is 0 Å². The zero-order valence-corrected chi connectivity index (χ0v) is 11.7. The quantitative estimate of drug-likeness (QED) is 0.875. The highest BCUT2D eigenvalue weighted by Crippen LogP contribution is 2.30. The molecular weight excluding hydrogens is 295 g/mol. The van der Waals surface area contributed by atoms with Crippen molar-refractivity contribution in [1.29, 1.82) is 0 Å². The number of likely N-dealkylation sites (tertiary alicyclic amines) is 1. The lowest BCUT2D eigenvalue weighted by Crippen LogP contribution is -2.42. The molecule has 0 saturated carbocycles. The summed E-state index contributed by atoms with van der Waals surface area (Å²) in [4.78, 5) is 13.7. The van der Waals surface area contributed by atoms with Gasteiger partial charge >= 0.3 is 0 Å². The molecule has 0 spiro atoms. The summed E-state index contributed by atoms with van der Waals surface area (Å²) in [5.41, 5.74) is 0.337. The summed E-state index contributed by atoms with van der Waals surface area (Å²) in [5, 5.41) is 10.5. The van der Waals surface area contributed by atoms with E-state index in [0.29, 0.717) is 16.3 Å². The molecule has 1 aliphatic heterocycles. The standard InChI is InChI=1S/C16H14F3NO2/c17-13-4-2-10-9-11(1-3-12(10)14(13)21)15(22)20-7-5-16(18,19)6-8-20/h1-4,9,21H,5-8H2. The first kappa shape index (κ1) is 14.7. The molecule has 0 unspecified atom stereocenters. The van der Waals surface area contributed by atoms with E-state index >= 15 is 0 Å². The second kappa shape index (κ2) is 5.19. The number of hydrogen-bond acceptors (Lipinski definition) is 2. The van der Waals surface area contributed by atoms with Crippen molar-refractivity contribution in [2.45, 2.75) is 18.8 Å². The van der Waals surface area contributed by atoms with Crippen LogP contribution in [0.3, 0.4) is 0 Å². The molecule has 1 aliphatic rings. The van der Waals surface area contributed by atoms with Crippen LogP contribution < -0.4 is 0 Å². The number of fused-ring (bicyclic) bond motifs is 1. The maximum absolute atomic E-state index is 13.3. The van der Waals surface area contributed by atoms with Crippen LogP contribution in [0.25, 0.3) is 10.8 Å². The zero-order valence-electron chi connectivity index (χ0n) is 11.7. The second-order valence-corrected chi connectivity index (χ2v) is 5.48. The van der Waals surface area contributed by atoms with Gasteiger partial charge < -0.3 is 10.0 Å². The molecule has 1 fully saturated rings. The highest BCUT2D eigenvalue weighted by Gasteiger charge is 2.35. The molecule has 0 aliphatic carbocycles. The lowest BCUT2D eigenvalue weighted by atomic mass is 10.0. The molecular formula is C16H14F3NO2. The monoisotopic (exact) mass is 309 g/mol. The van der Waals surface area contributed by atoms with Crippen molar-refractivity contribution in [2.24, 2.45) is 0 Å². The number of amides is 1. The number of aromatic hydroxyl groups is 1. The predicted molar refractivity (Wildman–Crippen MR) is 75.7 cm³/mol. The molecule has 2 aromatic rings. The number of carbonyl (C=O) groups excluding carboxylic acids is 1. The molecule has 3 rings (SSSR count). The van der Waals surface area contributed by atoms with Crippen LogP contribution in [0.4, 0.5) is 13.2 Å². The molecule has 1 N–H and O–H groups in total. The number of hydrogen-bond donors (Lipinski definition) is 1. The maximum Gasteiger partial charge on any atom is 0.253 e. The van der Waals surface area contributed by atoms with Crippen LogP contribution in [-0.4, -0.2) is 34.9 Å². The Balaban J connectivity index is 1.87. The normalized spacial score (nSPS) is 17.7. The zero-order chi connectivity index (χ0) is 15.9. The van der Waals surface area contributed by atoms with E-state index in [2.05, 4.69) is 0 Å². The first-order valence-corrected chi connectivity index (χ1v) is 6.96. The van der Waals surface area contributed by atoms with Gasteiger partial charge in [-0.3, -0.25) is 4.79 Å². The van der Waals surface area contributed by atoms with Gasteiger partial charge in [-0.1, -0.05) is 6.07 Å². The third-order valence-electron chi connectivity index (χ3n) is 3.97. The third kappa shape index (κ3) is 2.61. The first-order valence-electron chi connectivity index (χ1n) is 6.96. The lowest BCUT2D eigenvalue weighted by molar-refractivity contribution is -0.0494. The highest BCUT2D eigenvalue weighted by molar-refractivity contribution is 5.99. The topological polar surface area (TPSA) is 40.5 Å². The smallest absolute Gasteiger partial charge is 0.253 e. The molecule has 0 atom stereocenters. The summed E-state index contributed by atoms with van der Waals surface area (Å²) >= 11 is 0. The van der Waals surface area contributed by atoms with Crippen LogP contribution in [0.1, 0.15) is 23.2 Å². The first-order chi connectivity index (χ1) is 10.4. The van der Waals surface area contributed by atoms with E-state index in [1.54, 1.807) is 0 Å². The molecule has 1 heterocycles. The Bertz CT molecular complexity index is 735. The van der Waals surface area contributed by atoms with Crippen LogP contribution in [0.2, 0.25) is 0 Å². The Labute approximate surface area is 125 Å². The molecule has 0 radical (unpaired) electrons. The number of benzene rings is 2. The lowest BCUT2D eigenvalue weighted by Gasteiger charge is -2.31. The van der Waals surface area contributed by atoms with Gasteiger partial charge in [0.1, 0.15) is 0 Å². The van der Waals surface area contributed by atoms with E-state index < -0.39 is 17.5 Å². The van der Waals surface area contributed by atoms with Gasteiger partial charge in [0.05, 0.1) is 0 Å². The molecule has 1 saturated heterocycles. The molecule has 6 heteroatoms.